The molecule has 0 spiro atoms. The van der Waals surface area contributed by atoms with Crippen LogP contribution in [0.25, 0.3) is 0 Å². The van der Waals surface area contributed by atoms with Crippen molar-refractivity contribution >= 4 is 5.91 Å². The first-order valence-electron chi connectivity index (χ1n) is 7.11. The predicted molar refractivity (Wildman–Crippen MR) is 84.8 cm³/mol. The van der Waals surface area contributed by atoms with Crippen LogP contribution in [0.2, 0.25) is 0 Å². The van der Waals surface area contributed by atoms with Crippen LogP contribution in [0.1, 0.15) is 27.5 Å². The van der Waals surface area contributed by atoms with Crippen molar-refractivity contribution < 1.29 is 9.90 Å². The zero-order chi connectivity index (χ0) is 16.3. The standard InChI is InChI=1S/C16H22N4O2/c1-11-5-6-13(15(21)7-11)16(22)17-9-14(19(2)3)12-8-18-20(4)10-12/h5-8,10,14,21H,9H2,1-4H3,(H,17,22). The molecule has 2 aromatic rings. The SMILES string of the molecule is Cc1ccc(C(=O)NCC(c2cnn(C)c2)N(C)C)c(O)c1. The van der Waals surface area contributed by atoms with E-state index in [4.69, 9.17) is 0 Å². The number of rotatable bonds is 5. The summed E-state index contributed by atoms with van der Waals surface area (Å²) in [5.74, 6) is -0.284. The van der Waals surface area contributed by atoms with Gasteiger partial charge in [0.2, 0.25) is 0 Å². The monoisotopic (exact) mass is 302 g/mol. The van der Waals surface area contributed by atoms with Crippen molar-refractivity contribution in [3.8, 4) is 5.75 Å². The predicted octanol–water partition coefficient (Wildman–Crippen LogP) is 1.47. The smallest absolute Gasteiger partial charge is 0.255 e. The van der Waals surface area contributed by atoms with Gasteiger partial charge in [-0.2, -0.15) is 5.10 Å². The third-order valence-corrected chi connectivity index (χ3v) is 3.59. The van der Waals surface area contributed by atoms with Crippen molar-refractivity contribution in [3.05, 3.63) is 47.3 Å². The lowest BCUT2D eigenvalue weighted by Gasteiger charge is -2.23. The topological polar surface area (TPSA) is 70.4 Å². The van der Waals surface area contributed by atoms with Gasteiger partial charge in [0.05, 0.1) is 17.8 Å². The van der Waals surface area contributed by atoms with Crippen molar-refractivity contribution in [2.75, 3.05) is 20.6 Å². The number of phenols is 1. The summed E-state index contributed by atoms with van der Waals surface area (Å²) in [5.41, 5.74) is 2.23. The number of aromatic hydroxyl groups is 1. The van der Waals surface area contributed by atoms with Crippen LogP contribution in [0.4, 0.5) is 0 Å². The van der Waals surface area contributed by atoms with E-state index in [-0.39, 0.29) is 23.3 Å². The molecule has 118 valence electrons. The number of hydrogen-bond donors (Lipinski definition) is 2. The third kappa shape index (κ3) is 3.65. The van der Waals surface area contributed by atoms with E-state index in [1.807, 2.05) is 39.2 Å². The highest BCUT2D eigenvalue weighted by molar-refractivity contribution is 5.96. The first kappa shape index (κ1) is 16.0. The van der Waals surface area contributed by atoms with Gasteiger partial charge < -0.3 is 15.3 Å². The Kier molecular flexibility index (Phi) is 4.82. The highest BCUT2D eigenvalue weighted by Gasteiger charge is 2.18. The molecule has 0 saturated carbocycles. The Morgan fingerprint density at radius 2 is 2.18 bits per heavy atom. The van der Waals surface area contributed by atoms with Gasteiger partial charge in [0.15, 0.2) is 0 Å². The van der Waals surface area contributed by atoms with E-state index < -0.39 is 0 Å². The van der Waals surface area contributed by atoms with Crippen LogP contribution in [0.15, 0.2) is 30.6 Å². The van der Waals surface area contributed by atoms with E-state index in [1.54, 1.807) is 29.1 Å². The quantitative estimate of drug-likeness (QED) is 0.877. The third-order valence-electron chi connectivity index (χ3n) is 3.59. The maximum absolute atomic E-state index is 12.2. The molecule has 0 saturated heterocycles. The summed E-state index contributed by atoms with van der Waals surface area (Å²) in [6.07, 6.45) is 3.72. The van der Waals surface area contributed by atoms with E-state index in [0.29, 0.717) is 6.54 Å². The van der Waals surface area contributed by atoms with Crippen molar-refractivity contribution in [3.63, 3.8) is 0 Å². The van der Waals surface area contributed by atoms with Crippen LogP contribution >= 0.6 is 0 Å². The maximum atomic E-state index is 12.2. The minimum Gasteiger partial charge on any atom is -0.507 e. The molecule has 1 aromatic carbocycles. The van der Waals surface area contributed by atoms with Gasteiger partial charge in [-0.1, -0.05) is 6.07 Å². The molecule has 0 aliphatic heterocycles. The second-order valence-electron chi connectivity index (χ2n) is 5.66. The van der Waals surface area contributed by atoms with Crippen LogP contribution < -0.4 is 5.32 Å². The average molecular weight is 302 g/mol. The average Bonchev–Trinajstić information content (AvgIpc) is 2.84. The van der Waals surface area contributed by atoms with Crippen molar-refractivity contribution in [1.29, 1.82) is 0 Å². The fraction of sp³-hybridized carbons (Fsp3) is 0.375. The number of aryl methyl sites for hydroxylation is 2. The summed E-state index contributed by atoms with van der Waals surface area (Å²) in [6.45, 7) is 2.30. The van der Waals surface area contributed by atoms with E-state index in [0.717, 1.165) is 11.1 Å². The number of phenolic OH excluding ortho intramolecular Hbond substituents is 1. The summed E-state index contributed by atoms with van der Waals surface area (Å²) in [7, 11) is 5.76. The van der Waals surface area contributed by atoms with Gasteiger partial charge in [-0.15, -0.1) is 0 Å². The molecule has 1 atom stereocenters. The molecule has 6 nitrogen and oxygen atoms in total. The molecular weight excluding hydrogens is 280 g/mol. The van der Waals surface area contributed by atoms with Gasteiger partial charge in [0, 0.05) is 25.4 Å². The number of carbonyl (C=O) groups is 1. The van der Waals surface area contributed by atoms with Gasteiger partial charge in [-0.3, -0.25) is 9.48 Å². The van der Waals surface area contributed by atoms with Crippen LogP contribution in [-0.4, -0.2) is 46.3 Å². The van der Waals surface area contributed by atoms with E-state index in [2.05, 4.69) is 10.4 Å². The first-order chi connectivity index (χ1) is 10.4. The summed E-state index contributed by atoms with van der Waals surface area (Å²) < 4.78 is 1.74. The number of aromatic nitrogens is 2. The maximum Gasteiger partial charge on any atom is 0.255 e. The zero-order valence-corrected chi connectivity index (χ0v) is 13.4. The Balaban J connectivity index is 2.07. The van der Waals surface area contributed by atoms with E-state index >= 15 is 0 Å². The molecule has 0 aliphatic carbocycles. The second kappa shape index (κ2) is 6.62. The summed E-state index contributed by atoms with van der Waals surface area (Å²) >= 11 is 0. The lowest BCUT2D eigenvalue weighted by Crippen LogP contribution is -2.34. The van der Waals surface area contributed by atoms with Crippen LogP contribution in [-0.2, 0) is 7.05 Å². The highest BCUT2D eigenvalue weighted by Crippen LogP contribution is 2.20. The Hall–Kier alpha value is -2.34. The minimum atomic E-state index is -0.284. The van der Waals surface area contributed by atoms with Gasteiger partial charge in [-0.25, -0.2) is 0 Å². The Bertz CT molecular complexity index is 664. The summed E-state index contributed by atoms with van der Waals surface area (Å²) in [5, 5.41) is 16.9. The van der Waals surface area contributed by atoms with Gasteiger partial charge in [-0.05, 0) is 38.7 Å². The largest absolute Gasteiger partial charge is 0.507 e. The van der Waals surface area contributed by atoms with Crippen LogP contribution in [0.3, 0.4) is 0 Å². The van der Waals surface area contributed by atoms with Crippen molar-refractivity contribution in [2.45, 2.75) is 13.0 Å². The molecule has 1 aromatic heterocycles. The molecule has 2 rings (SSSR count). The van der Waals surface area contributed by atoms with Gasteiger partial charge >= 0.3 is 0 Å². The molecule has 22 heavy (non-hydrogen) atoms. The van der Waals surface area contributed by atoms with Gasteiger partial charge in [0.25, 0.3) is 5.91 Å². The molecule has 1 unspecified atom stereocenters. The lowest BCUT2D eigenvalue weighted by atomic mass is 10.1. The Morgan fingerprint density at radius 1 is 1.45 bits per heavy atom. The zero-order valence-electron chi connectivity index (χ0n) is 13.4. The van der Waals surface area contributed by atoms with Gasteiger partial charge in [0.1, 0.15) is 5.75 Å². The second-order valence-corrected chi connectivity index (χ2v) is 5.66. The number of benzene rings is 1. The normalized spacial score (nSPS) is 12.4. The molecule has 0 fully saturated rings. The molecular formula is C16H22N4O2. The molecule has 1 heterocycles. The van der Waals surface area contributed by atoms with Crippen molar-refractivity contribution in [2.24, 2.45) is 7.05 Å². The number of amides is 1. The molecule has 1 amide bonds. The molecule has 2 N–H and O–H groups in total. The van der Waals surface area contributed by atoms with Crippen LogP contribution in [0.5, 0.6) is 5.75 Å². The number of carbonyl (C=O) groups excluding carboxylic acids is 1. The molecule has 6 heteroatoms. The van der Waals surface area contributed by atoms with E-state index in [1.165, 1.54) is 0 Å². The molecule has 0 bridgehead atoms. The first-order valence-corrected chi connectivity index (χ1v) is 7.11. The van der Waals surface area contributed by atoms with Crippen molar-refractivity contribution in [1.82, 2.24) is 20.0 Å². The number of hydrogen-bond acceptors (Lipinski definition) is 4. The lowest BCUT2D eigenvalue weighted by molar-refractivity contribution is 0.0939. The highest BCUT2D eigenvalue weighted by atomic mass is 16.3. The van der Waals surface area contributed by atoms with Crippen LogP contribution in [0, 0.1) is 6.92 Å². The number of nitrogens with zero attached hydrogens (tertiary/aromatic N) is 3. The number of likely N-dealkylation sites (N-methyl/N-ethyl adjacent to an activating group) is 1. The summed E-state index contributed by atoms with van der Waals surface area (Å²) in [4.78, 5) is 14.3. The molecule has 0 aliphatic rings. The fourth-order valence-corrected chi connectivity index (χ4v) is 2.33. The molecule has 0 radical (unpaired) electrons. The van der Waals surface area contributed by atoms with E-state index in [9.17, 15) is 9.90 Å². The fourth-order valence-electron chi connectivity index (χ4n) is 2.33. The summed E-state index contributed by atoms with van der Waals surface area (Å²) in [6, 6.07) is 5.04. The number of nitrogens with one attached hydrogen (secondary N) is 1. The minimum absolute atomic E-state index is 0.000260. The Labute approximate surface area is 130 Å². The Morgan fingerprint density at radius 3 is 2.73 bits per heavy atom.